The van der Waals surface area contributed by atoms with Crippen molar-refractivity contribution in [3.05, 3.63) is 99.4 Å². The third-order valence-corrected chi connectivity index (χ3v) is 6.37. The molecule has 0 radical (unpaired) electrons. The Labute approximate surface area is 205 Å². The van der Waals surface area contributed by atoms with Crippen LogP contribution in [0.4, 0.5) is 5.69 Å². The molecule has 1 N–H and O–H groups in total. The van der Waals surface area contributed by atoms with Crippen LogP contribution in [0.15, 0.2) is 77.7 Å². The molecule has 1 heterocycles. The monoisotopic (exact) mass is 495 g/mol. The lowest BCUT2D eigenvalue weighted by Crippen LogP contribution is -2.27. The zero-order valence-corrected chi connectivity index (χ0v) is 19.6. The SMILES string of the molecule is O=C(O)Cc1ccc(N2C(=O)/C(=C/c3cccc(OCc4ccc(Cl)cc4)c3)SC2=S)cc1. The highest BCUT2D eigenvalue weighted by molar-refractivity contribution is 8.27. The van der Waals surface area contributed by atoms with Crippen LogP contribution in [0.25, 0.3) is 6.08 Å². The molecule has 0 spiro atoms. The highest BCUT2D eigenvalue weighted by Crippen LogP contribution is 2.36. The van der Waals surface area contributed by atoms with E-state index in [0.29, 0.717) is 37.9 Å². The van der Waals surface area contributed by atoms with Gasteiger partial charge in [0.25, 0.3) is 5.91 Å². The van der Waals surface area contributed by atoms with Crippen LogP contribution in [-0.4, -0.2) is 21.3 Å². The van der Waals surface area contributed by atoms with Crippen LogP contribution in [0.3, 0.4) is 0 Å². The maximum Gasteiger partial charge on any atom is 0.307 e. The lowest BCUT2D eigenvalue weighted by atomic mass is 10.1. The summed E-state index contributed by atoms with van der Waals surface area (Å²) in [6, 6.07) is 21.7. The van der Waals surface area contributed by atoms with Gasteiger partial charge in [-0.05, 0) is 59.2 Å². The number of benzene rings is 3. The van der Waals surface area contributed by atoms with Crippen molar-refractivity contribution in [2.45, 2.75) is 13.0 Å². The topological polar surface area (TPSA) is 66.8 Å². The van der Waals surface area contributed by atoms with E-state index in [1.54, 1.807) is 30.3 Å². The first-order valence-electron chi connectivity index (χ1n) is 9.95. The van der Waals surface area contributed by atoms with Gasteiger partial charge in [-0.25, -0.2) is 0 Å². The van der Waals surface area contributed by atoms with Crippen molar-refractivity contribution in [1.82, 2.24) is 0 Å². The van der Waals surface area contributed by atoms with Crippen molar-refractivity contribution in [3.8, 4) is 5.75 Å². The summed E-state index contributed by atoms with van der Waals surface area (Å²) in [4.78, 5) is 25.8. The minimum absolute atomic E-state index is 0.0744. The lowest BCUT2D eigenvalue weighted by molar-refractivity contribution is -0.136. The van der Waals surface area contributed by atoms with Crippen LogP contribution >= 0.6 is 35.6 Å². The van der Waals surface area contributed by atoms with Gasteiger partial charge in [0.1, 0.15) is 12.4 Å². The summed E-state index contributed by atoms with van der Waals surface area (Å²) in [6.07, 6.45) is 1.71. The van der Waals surface area contributed by atoms with Gasteiger partial charge in [0.2, 0.25) is 0 Å². The molecular weight excluding hydrogens is 478 g/mol. The molecule has 0 aliphatic carbocycles. The van der Waals surface area contributed by atoms with Crippen molar-refractivity contribution in [2.24, 2.45) is 0 Å². The molecule has 33 heavy (non-hydrogen) atoms. The highest BCUT2D eigenvalue weighted by atomic mass is 35.5. The van der Waals surface area contributed by atoms with Crippen LogP contribution in [0.1, 0.15) is 16.7 Å². The Bertz CT molecular complexity index is 1240. The quantitative estimate of drug-likeness (QED) is 0.322. The number of carbonyl (C=O) groups is 2. The van der Waals surface area contributed by atoms with Gasteiger partial charge in [-0.2, -0.15) is 0 Å². The molecule has 0 unspecified atom stereocenters. The van der Waals surface area contributed by atoms with Gasteiger partial charge in [0.05, 0.1) is 17.0 Å². The number of thiocarbonyl (C=S) groups is 1. The summed E-state index contributed by atoms with van der Waals surface area (Å²) in [5, 5.41) is 9.59. The molecule has 1 amide bonds. The lowest BCUT2D eigenvalue weighted by Gasteiger charge is -2.14. The van der Waals surface area contributed by atoms with E-state index in [2.05, 4.69) is 0 Å². The fraction of sp³-hybridized carbons (Fsp3) is 0.0800. The highest BCUT2D eigenvalue weighted by Gasteiger charge is 2.33. The molecule has 1 fully saturated rings. The van der Waals surface area contributed by atoms with Gasteiger partial charge in [-0.15, -0.1) is 0 Å². The molecular formula is C25H18ClNO4S2. The predicted molar refractivity (Wildman–Crippen MR) is 136 cm³/mol. The standard InChI is InChI=1S/C25H18ClNO4S2/c26-19-8-4-17(5-9-19)15-31-21-3-1-2-18(12-21)13-22-24(30)27(25(32)33-22)20-10-6-16(7-11-20)14-23(28)29/h1-13H,14-15H2,(H,28,29)/b22-13-. The number of ether oxygens (including phenoxy) is 1. The maximum atomic E-state index is 13.0. The number of carbonyl (C=O) groups excluding carboxylic acids is 1. The van der Waals surface area contributed by atoms with Crippen LogP contribution in [0.2, 0.25) is 5.02 Å². The number of anilines is 1. The smallest absolute Gasteiger partial charge is 0.307 e. The van der Waals surface area contributed by atoms with Crippen LogP contribution < -0.4 is 9.64 Å². The zero-order valence-electron chi connectivity index (χ0n) is 17.2. The van der Waals surface area contributed by atoms with Gasteiger partial charge in [-0.1, -0.05) is 72.0 Å². The molecule has 0 aromatic heterocycles. The van der Waals surface area contributed by atoms with E-state index in [-0.39, 0.29) is 12.3 Å². The number of halogens is 1. The fourth-order valence-electron chi connectivity index (χ4n) is 3.22. The number of aliphatic carboxylic acids is 1. The average Bonchev–Trinajstić information content (AvgIpc) is 3.06. The van der Waals surface area contributed by atoms with E-state index >= 15 is 0 Å². The number of carboxylic acid groups (broad SMARTS) is 1. The Hall–Kier alpha value is -3.13. The molecule has 166 valence electrons. The first kappa shape index (κ1) is 23.0. The maximum absolute atomic E-state index is 13.0. The van der Waals surface area contributed by atoms with Gasteiger partial charge in [0, 0.05) is 5.02 Å². The molecule has 1 saturated heterocycles. The van der Waals surface area contributed by atoms with Crippen LogP contribution in [-0.2, 0) is 22.6 Å². The van der Waals surface area contributed by atoms with Crippen molar-refractivity contribution >= 4 is 63.5 Å². The second-order valence-electron chi connectivity index (χ2n) is 7.24. The third kappa shape index (κ3) is 5.82. The normalized spacial score (nSPS) is 14.7. The molecule has 4 rings (SSSR count). The van der Waals surface area contributed by atoms with E-state index in [0.717, 1.165) is 11.1 Å². The molecule has 1 aliphatic heterocycles. The number of hydrogen-bond donors (Lipinski definition) is 1. The number of hydrogen-bond acceptors (Lipinski definition) is 5. The molecule has 0 bridgehead atoms. The number of thioether (sulfide) groups is 1. The summed E-state index contributed by atoms with van der Waals surface area (Å²) < 4.78 is 6.30. The first-order chi connectivity index (χ1) is 15.9. The second kappa shape index (κ2) is 10.2. The average molecular weight is 496 g/mol. The van der Waals surface area contributed by atoms with Crippen molar-refractivity contribution in [2.75, 3.05) is 4.90 Å². The minimum atomic E-state index is -0.907. The Morgan fingerprint density at radius 3 is 2.45 bits per heavy atom. The van der Waals surface area contributed by atoms with E-state index < -0.39 is 5.97 Å². The fourth-order valence-corrected chi connectivity index (χ4v) is 4.65. The van der Waals surface area contributed by atoms with E-state index in [1.807, 2.05) is 48.5 Å². The molecule has 0 atom stereocenters. The van der Waals surface area contributed by atoms with Crippen molar-refractivity contribution in [3.63, 3.8) is 0 Å². The Balaban J connectivity index is 1.47. The predicted octanol–water partition coefficient (Wildman–Crippen LogP) is 5.95. The molecule has 0 saturated carbocycles. The van der Waals surface area contributed by atoms with E-state index in [4.69, 9.17) is 33.7 Å². The van der Waals surface area contributed by atoms with Gasteiger partial charge in [-0.3, -0.25) is 14.5 Å². The Morgan fingerprint density at radius 1 is 1.06 bits per heavy atom. The second-order valence-corrected chi connectivity index (χ2v) is 9.35. The summed E-state index contributed by atoms with van der Waals surface area (Å²) in [7, 11) is 0. The van der Waals surface area contributed by atoms with Crippen LogP contribution in [0.5, 0.6) is 5.75 Å². The number of carboxylic acids is 1. The van der Waals surface area contributed by atoms with Gasteiger partial charge in [0.15, 0.2) is 4.32 Å². The first-order valence-corrected chi connectivity index (χ1v) is 11.6. The van der Waals surface area contributed by atoms with Crippen molar-refractivity contribution < 1.29 is 19.4 Å². The summed E-state index contributed by atoms with van der Waals surface area (Å²) >= 11 is 12.6. The largest absolute Gasteiger partial charge is 0.489 e. The minimum Gasteiger partial charge on any atom is -0.489 e. The summed E-state index contributed by atoms with van der Waals surface area (Å²) in [6.45, 7) is 0.403. The van der Waals surface area contributed by atoms with Gasteiger partial charge >= 0.3 is 5.97 Å². The van der Waals surface area contributed by atoms with E-state index in [9.17, 15) is 9.59 Å². The molecule has 3 aromatic carbocycles. The number of rotatable bonds is 7. The summed E-state index contributed by atoms with van der Waals surface area (Å²) in [5.41, 5.74) is 3.08. The third-order valence-electron chi connectivity index (χ3n) is 4.82. The van der Waals surface area contributed by atoms with E-state index in [1.165, 1.54) is 16.7 Å². The molecule has 1 aliphatic rings. The Kier molecular flexibility index (Phi) is 7.13. The molecule has 8 heteroatoms. The molecule has 3 aromatic rings. The number of amides is 1. The number of nitrogens with zero attached hydrogens (tertiary/aromatic N) is 1. The van der Waals surface area contributed by atoms with Crippen LogP contribution in [0, 0.1) is 0 Å². The Morgan fingerprint density at radius 2 is 1.76 bits per heavy atom. The van der Waals surface area contributed by atoms with Gasteiger partial charge < -0.3 is 9.84 Å². The zero-order chi connectivity index (χ0) is 23.4. The molecule has 5 nitrogen and oxygen atoms in total. The van der Waals surface area contributed by atoms with Crippen molar-refractivity contribution in [1.29, 1.82) is 0 Å². The summed E-state index contributed by atoms with van der Waals surface area (Å²) in [5.74, 6) is -0.442.